The topological polar surface area (TPSA) is 47.9 Å². The monoisotopic (exact) mass is 307 g/mol. The van der Waals surface area contributed by atoms with Crippen molar-refractivity contribution < 1.29 is 0 Å². The fraction of sp³-hybridized carbons (Fsp3) is 0.500. The first-order valence-corrected chi connectivity index (χ1v) is 7.06. The molecule has 3 nitrogen and oxygen atoms in total. The Morgan fingerprint density at radius 1 is 1.50 bits per heavy atom. The van der Waals surface area contributed by atoms with E-state index < -0.39 is 0 Å². The summed E-state index contributed by atoms with van der Waals surface area (Å²) in [5.41, 5.74) is 1.99. The molecular formula is C14H18BrN3. The fourth-order valence-corrected chi connectivity index (χ4v) is 2.83. The lowest BCUT2D eigenvalue weighted by Gasteiger charge is -2.34. The molecule has 1 aliphatic rings. The normalized spacial score (nSPS) is 23.4. The molecule has 1 heterocycles. The molecule has 0 spiro atoms. The third kappa shape index (κ3) is 3.47. The van der Waals surface area contributed by atoms with Crippen LogP contribution in [-0.2, 0) is 0 Å². The van der Waals surface area contributed by atoms with Gasteiger partial charge in [0.1, 0.15) is 0 Å². The summed E-state index contributed by atoms with van der Waals surface area (Å²) in [6.07, 6.45) is 2.48. The summed E-state index contributed by atoms with van der Waals surface area (Å²) >= 11 is 3.43. The van der Waals surface area contributed by atoms with Gasteiger partial charge in [-0.3, -0.25) is 0 Å². The average Bonchev–Trinajstić information content (AvgIpc) is 2.37. The van der Waals surface area contributed by atoms with Gasteiger partial charge in [0.15, 0.2) is 0 Å². The van der Waals surface area contributed by atoms with Crippen LogP contribution >= 0.6 is 15.9 Å². The first kappa shape index (κ1) is 13.4. The van der Waals surface area contributed by atoms with Gasteiger partial charge in [-0.05, 0) is 43.0 Å². The van der Waals surface area contributed by atoms with E-state index in [1.54, 1.807) is 0 Å². The van der Waals surface area contributed by atoms with Gasteiger partial charge in [-0.1, -0.05) is 22.9 Å². The average molecular weight is 308 g/mol. The van der Waals surface area contributed by atoms with Crippen LogP contribution in [0.4, 0.5) is 5.69 Å². The molecule has 1 fully saturated rings. The minimum absolute atomic E-state index is 0.299. The molecule has 1 aromatic carbocycles. The number of rotatable bonds is 3. The summed E-state index contributed by atoms with van der Waals surface area (Å²) in [5, 5.41) is 15.8. The van der Waals surface area contributed by atoms with Gasteiger partial charge in [-0.25, -0.2) is 0 Å². The third-order valence-electron chi connectivity index (χ3n) is 3.43. The van der Waals surface area contributed by atoms with Crippen molar-refractivity contribution in [2.24, 2.45) is 5.41 Å². The Bertz CT molecular complexity index is 459. The second-order valence-electron chi connectivity index (χ2n) is 5.28. The minimum atomic E-state index is 0.299. The van der Waals surface area contributed by atoms with Gasteiger partial charge in [0, 0.05) is 23.2 Å². The van der Waals surface area contributed by atoms with Gasteiger partial charge in [0.2, 0.25) is 0 Å². The van der Waals surface area contributed by atoms with E-state index in [2.05, 4.69) is 39.6 Å². The number of hydrogen-bond donors (Lipinski definition) is 2. The second-order valence-corrected chi connectivity index (χ2v) is 6.20. The number of hydrogen-bond acceptors (Lipinski definition) is 3. The number of nitriles is 1. The van der Waals surface area contributed by atoms with Crippen molar-refractivity contribution in [2.45, 2.75) is 19.8 Å². The number of halogens is 1. The van der Waals surface area contributed by atoms with E-state index in [0.29, 0.717) is 11.0 Å². The van der Waals surface area contributed by atoms with Crippen LogP contribution in [-0.4, -0.2) is 19.6 Å². The van der Waals surface area contributed by atoms with Gasteiger partial charge < -0.3 is 10.6 Å². The molecule has 96 valence electrons. The molecule has 0 amide bonds. The molecule has 1 unspecified atom stereocenters. The van der Waals surface area contributed by atoms with E-state index in [0.717, 1.165) is 29.8 Å². The Labute approximate surface area is 117 Å². The zero-order valence-corrected chi connectivity index (χ0v) is 12.2. The summed E-state index contributed by atoms with van der Waals surface area (Å²) in [7, 11) is 0. The zero-order chi connectivity index (χ0) is 13.0. The lowest BCUT2D eigenvalue weighted by Crippen LogP contribution is -2.42. The molecule has 1 aromatic rings. The Morgan fingerprint density at radius 3 is 3.00 bits per heavy atom. The highest BCUT2D eigenvalue weighted by atomic mass is 79.9. The largest absolute Gasteiger partial charge is 0.384 e. The molecule has 1 saturated heterocycles. The van der Waals surface area contributed by atoms with Crippen molar-refractivity contribution in [2.75, 3.05) is 25.0 Å². The number of nitrogens with one attached hydrogen (secondary N) is 2. The molecule has 0 saturated carbocycles. The molecule has 4 heteroatoms. The summed E-state index contributed by atoms with van der Waals surface area (Å²) in [4.78, 5) is 0. The van der Waals surface area contributed by atoms with E-state index in [-0.39, 0.29) is 0 Å². The Hall–Kier alpha value is -1.05. The molecule has 18 heavy (non-hydrogen) atoms. The van der Waals surface area contributed by atoms with Crippen LogP contribution < -0.4 is 10.6 Å². The van der Waals surface area contributed by atoms with Crippen LogP contribution in [0.25, 0.3) is 0 Å². The van der Waals surface area contributed by atoms with Crippen LogP contribution in [0, 0.1) is 16.7 Å². The van der Waals surface area contributed by atoms with Crippen LogP contribution in [0.1, 0.15) is 25.3 Å². The molecule has 0 aromatic heterocycles. The van der Waals surface area contributed by atoms with Crippen molar-refractivity contribution in [3.05, 3.63) is 28.2 Å². The van der Waals surface area contributed by atoms with Crippen LogP contribution in [0.5, 0.6) is 0 Å². The lowest BCUT2D eigenvalue weighted by molar-refractivity contribution is 0.253. The summed E-state index contributed by atoms with van der Waals surface area (Å²) in [6.45, 7) is 5.42. The first-order valence-electron chi connectivity index (χ1n) is 6.27. The summed E-state index contributed by atoms with van der Waals surface area (Å²) < 4.78 is 0.941. The van der Waals surface area contributed by atoms with Crippen LogP contribution in [0.2, 0.25) is 0 Å². The highest BCUT2D eigenvalue weighted by Gasteiger charge is 2.26. The van der Waals surface area contributed by atoms with E-state index in [1.165, 1.54) is 12.8 Å². The van der Waals surface area contributed by atoms with Gasteiger partial charge in [-0.2, -0.15) is 5.26 Å². The van der Waals surface area contributed by atoms with Crippen LogP contribution in [0.3, 0.4) is 0 Å². The molecule has 2 N–H and O–H groups in total. The SMILES string of the molecule is CC1(CNc2cc(Br)cc(C#N)c2)CCCNC1. The molecule has 0 aliphatic carbocycles. The van der Waals surface area contributed by atoms with Gasteiger partial charge >= 0.3 is 0 Å². The van der Waals surface area contributed by atoms with Crippen molar-refractivity contribution in [3.8, 4) is 6.07 Å². The lowest BCUT2D eigenvalue weighted by atomic mass is 9.83. The van der Waals surface area contributed by atoms with Gasteiger partial charge in [0.05, 0.1) is 11.6 Å². The van der Waals surface area contributed by atoms with Crippen LogP contribution in [0.15, 0.2) is 22.7 Å². The third-order valence-corrected chi connectivity index (χ3v) is 3.89. The Balaban J connectivity index is 2.01. The zero-order valence-electron chi connectivity index (χ0n) is 10.6. The van der Waals surface area contributed by atoms with E-state index in [4.69, 9.17) is 5.26 Å². The Morgan fingerprint density at radius 2 is 2.33 bits per heavy atom. The molecular weight excluding hydrogens is 290 g/mol. The smallest absolute Gasteiger partial charge is 0.0992 e. The number of benzene rings is 1. The van der Waals surface area contributed by atoms with Gasteiger partial charge in [-0.15, -0.1) is 0 Å². The van der Waals surface area contributed by atoms with E-state index in [1.807, 2.05) is 18.2 Å². The number of piperidine rings is 1. The molecule has 1 aliphatic heterocycles. The molecule has 2 rings (SSSR count). The maximum Gasteiger partial charge on any atom is 0.0992 e. The maximum absolute atomic E-state index is 8.95. The highest BCUT2D eigenvalue weighted by molar-refractivity contribution is 9.10. The Kier molecular flexibility index (Phi) is 4.26. The summed E-state index contributed by atoms with van der Waals surface area (Å²) in [5.74, 6) is 0. The number of anilines is 1. The van der Waals surface area contributed by atoms with Crippen molar-refractivity contribution in [1.82, 2.24) is 5.32 Å². The summed E-state index contributed by atoms with van der Waals surface area (Å²) in [6, 6.07) is 7.91. The molecule has 1 atom stereocenters. The highest BCUT2D eigenvalue weighted by Crippen LogP contribution is 2.27. The quantitative estimate of drug-likeness (QED) is 0.902. The predicted octanol–water partition coefficient (Wildman–Crippen LogP) is 3.12. The molecule has 0 bridgehead atoms. The standard InChI is InChI=1S/C14H18BrN3/c1-14(3-2-4-17-9-14)10-18-13-6-11(8-16)5-12(15)7-13/h5-7,17-18H,2-4,9-10H2,1H3. The predicted molar refractivity (Wildman–Crippen MR) is 77.6 cm³/mol. The fourth-order valence-electron chi connectivity index (χ4n) is 2.34. The second kappa shape index (κ2) is 5.73. The van der Waals surface area contributed by atoms with E-state index in [9.17, 15) is 0 Å². The molecule has 0 radical (unpaired) electrons. The van der Waals surface area contributed by atoms with Crippen molar-refractivity contribution >= 4 is 21.6 Å². The maximum atomic E-state index is 8.95. The minimum Gasteiger partial charge on any atom is -0.384 e. The number of nitrogens with zero attached hydrogens (tertiary/aromatic N) is 1. The van der Waals surface area contributed by atoms with E-state index >= 15 is 0 Å². The van der Waals surface area contributed by atoms with Gasteiger partial charge in [0.25, 0.3) is 0 Å². The van der Waals surface area contributed by atoms with Crippen molar-refractivity contribution in [3.63, 3.8) is 0 Å². The first-order chi connectivity index (χ1) is 8.61. The van der Waals surface area contributed by atoms with Crippen molar-refractivity contribution in [1.29, 1.82) is 5.26 Å².